The Hall–Kier alpha value is -2.99. The molecule has 6 nitrogen and oxygen atoms in total. The molecule has 7 heteroatoms. The number of aromatic nitrogens is 5. The fraction of sp³-hybridized carbons (Fsp3) is 0.111. The molecule has 124 valence electrons. The fourth-order valence-electron chi connectivity index (χ4n) is 2.57. The van der Waals surface area contributed by atoms with Crippen LogP contribution in [0.2, 0.25) is 5.02 Å². The summed E-state index contributed by atoms with van der Waals surface area (Å²) in [6, 6.07) is 15.5. The topological polar surface area (TPSA) is 68.0 Å². The van der Waals surface area contributed by atoms with Crippen LogP contribution in [0.1, 0.15) is 5.56 Å². The van der Waals surface area contributed by atoms with Gasteiger partial charge in [-0.3, -0.25) is 4.98 Å². The average molecular weight is 351 g/mol. The minimum atomic E-state index is 0.539. The van der Waals surface area contributed by atoms with E-state index in [4.69, 9.17) is 11.6 Å². The molecule has 0 bridgehead atoms. The molecule has 0 atom stereocenters. The predicted molar refractivity (Wildman–Crippen MR) is 97.7 cm³/mol. The molecule has 0 radical (unpaired) electrons. The lowest BCUT2D eigenvalue weighted by atomic mass is 10.1. The molecule has 1 aromatic carbocycles. The molecule has 25 heavy (non-hydrogen) atoms. The number of hydrogen-bond donors (Lipinski definition) is 1. The highest BCUT2D eigenvalue weighted by Gasteiger charge is 2.09. The zero-order valence-corrected chi connectivity index (χ0v) is 14.1. The van der Waals surface area contributed by atoms with Crippen molar-refractivity contribution in [2.75, 3.05) is 11.9 Å². The van der Waals surface area contributed by atoms with Crippen LogP contribution < -0.4 is 5.32 Å². The van der Waals surface area contributed by atoms with Gasteiger partial charge >= 0.3 is 0 Å². The van der Waals surface area contributed by atoms with Gasteiger partial charge in [0.25, 0.3) is 5.78 Å². The van der Waals surface area contributed by atoms with Gasteiger partial charge in [-0.2, -0.15) is 14.6 Å². The molecule has 3 heterocycles. The van der Waals surface area contributed by atoms with Crippen molar-refractivity contribution >= 4 is 23.2 Å². The van der Waals surface area contributed by atoms with Crippen molar-refractivity contribution in [3.8, 4) is 11.4 Å². The van der Waals surface area contributed by atoms with Gasteiger partial charge in [0, 0.05) is 23.8 Å². The van der Waals surface area contributed by atoms with Crippen molar-refractivity contribution in [3.05, 3.63) is 71.6 Å². The number of hydrogen-bond acceptors (Lipinski definition) is 5. The summed E-state index contributed by atoms with van der Waals surface area (Å²) in [6.45, 7) is 0.752. The largest absolute Gasteiger partial charge is 0.370 e. The van der Waals surface area contributed by atoms with Crippen LogP contribution in [0.4, 0.5) is 5.82 Å². The Morgan fingerprint density at radius 2 is 1.88 bits per heavy atom. The summed E-state index contributed by atoms with van der Waals surface area (Å²) in [7, 11) is 0. The summed E-state index contributed by atoms with van der Waals surface area (Å²) >= 11 is 5.92. The maximum Gasteiger partial charge on any atom is 0.254 e. The highest BCUT2D eigenvalue weighted by atomic mass is 35.5. The lowest BCUT2D eigenvalue weighted by Gasteiger charge is -2.10. The first-order chi connectivity index (χ1) is 12.3. The normalized spacial score (nSPS) is 10.9. The van der Waals surface area contributed by atoms with Crippen LogP contribution in [0.3, 0.4) is 0 Å². The molecule has 0 fully saturated rings. The second kappa shape index (κ2) is 6.86. The summed E-state index contributed by atoms with van der Waals surface area (Å²) in [5.41, 5.74) is 2.77. The molecule has 0 saturated heterocycles. The third kappa shape index (κ3) is 3.44. The Morgan fingerprint density at radius 1 is 1.00 bits per heavy atom. The minimum absolute atomic E-state index is 0.539. The van der Waals surface area contributed by atoms with Crippen LogP contribution in [0.5, 0.6) is 0 Å². The number of pyridine rings is 1. The highest BCUT2D eigenvalue weighted by molar-refractivity contribution is 6.30. The lowest BCUT2D eigenvalue weighted by molar-refractivity contribution is 0.913. The van der Waals surface area contributed by atoms with Crippen LogP contribution in [-0.2, 0) is 6.42 Å². The van der Waals surface area contributed by atoms with Gasteiger partial charge in [-0.05, 0) is 36.2 Å². The minimum Gasteiger partial charge on any atom is -0.370 e. The number of benzene rings is 1. The van der Waals surface area contributed by atoms with Crippen LogP contribution in [0.15, 0.2) is 61.1 Å². The molecule has 1 N–H and O–H groups in total. The van der Waals surface area contributed by atoms with Gasteiger partial charge in [-0.15, -0.1) is 0 Å². The Kier molecular flexibility index (Phi) is 4.26. The van der Waals surface area contributed by atoms with Crippen molar-refractivity contribution in [1.29, 1.82) is 0 Å². The van der Waals surface area contributed by atoms with E-state index in [0.29, 0.717) is 5.78 Å². The monoisotopic (exact) mass is 350 g/mol. The van der Waals surface area contributed by atoms with Crippen molar-refractivity contribution in [2.24, 2.45) is 0 Å². The number of nitrogens with zero attached hydrogens (tertiary/aromatic N) is 5. The molecule has 0 unspecified atom stereocenters. The predicted octanol–water partition coefficient (Wildman–Crippen LogP) is 3.49. The molecule has 0 aliphatic carbocycles. The quantitative estimate of drug-likeness (QED) is 0.596. The molecule has 0 amide bonds. The smallest absolute Gasteiger partial charge is 0.254 e. The molecule has 4 rings (SSSR count). The Bertz CT molecular complexity index is 982. The van der Waals surface area contributed by atoms with Crippen LogP contribution in [0.25, 0.3) is 17.2 Å². The van der Waals surface area contributed by atoms with Crippen molar-refractivity contribution in [3.63, 3.8) is 0 Å². The third-order valence-corrected chi connectivity index (χ3v) is 4.06. The average Bonchev–Trinajstić information content (AvgIpc) is 3.13. The zero-order valence-electron chi connectivity index (χ0n) is 13.3. The Balaban J connectivity index is 1.58. The Labute approximate surface area is 149 Å². The molecule has 0 aliphatic rings. The number of rotatable bonds is 5. The van der Waals surface area contributed by atoms with E-state index in [0.717, 1.165) is 35.2 Å². The lowest BCUT2D eigenvalue weighted by Crippen LogP contribution is -2.10. The second-order valence-electron chi connectivity index (χ2n) is 5.52. The van der Waals surface area contributed by atoms with E-state index < -0.39 is 0 Å². The molecule has 0 spiro atoms. The highest BCUT2D eigenvalue weighted by Crippen LogP contribution is 2.19. The van der Waals surface area contributed by atoms with E-state index in [1.165, 1.54) is 11.9 Å². The second-order valence-corrected chi connectivity index (χ2v) is 5.95. The number of nitrogens with one attached hydrogen (secondary N) is 1. The van der Waals surface area contributed by atoms with Crippen molar-refractivity contribution in [1.82, 2.24) is 24.6 Å². The standard InChI is InChI=1S/C18H15ClN6/c19-14-6-4-13(5-7-14)8-10-21-17-11-16(15-3-1-2-9-20-15)24-18-22-12-23-25(17)18/h1-7,9,11-12,21H,8,10H2. The van der Waals surface area contributed by atoms with E-state index in [9.17, 15) is 0 Å². The number of halogens is 1. The van der Waals surface area contributed by atoms with E-state index in [1.54, 1.807) is 10.7 Å². The first-order valence-corrected chi connectivity index (χ1v) is 8.28. The van der Waals surface area contributed by atoms with Crippen molar-refractivity contribution < 1.29 is 0 Å². The third-order valence-electron chi connectivity index (χ3n) is 3.81. The number of anilines is 1. The number of fused-ring (bicyclic) bond motifs is 1. The molecule has 3 aromatic heterocycles. The fourth-order valence-corrected chi connectivity index (χ4v) is 2.70. The Morgan fingerprint density at radius 3 is 2.68 bits per heavy atom. The van der Waals surface area contributed by atoms with Gasteiger partial charge in [-0.1, -0.05) is 29.8 Å². The van der Waals surface area contributed by atoms with Crippen LogP contribution >= 0.6 is 11.6 Å². The summed E-state index contributed by atoms with van der Waals surface area (Å²) < 4.78 is 1.69. The molecule has 0 aliphatic heterocycles. The zero-order chi connectivity index (χ0) is 17.1. The van der Waals surface area contributed by atoms with E-state index in [-0.39, 0.29) is 0 Å². The van der Waals surface area contributed by atoms with E-state index >= 15 is 0 Å². The van der Waals surface area contributed by atoms with Crippen molar-refractivity contribution in [2.45, 2.75) is 6.42 Å². The summed E-state index contributed by atoms with van der Waals surface area (Å²) in [4.78, 5) is 13.1. The summed E-state index contributed by atoms with van der Waals surface area (Å²) in [6.07, 6.45) is 4.11. The molecule has 0 saturated carbocycles. The van der Waals surface area contributed by atoms with E-state index in [1.807, 2.05) is 48.5 Å². The summed E-state index contributed by atoms with van der Waals surface area (Å²) in [5, 5.41) is 8.39. The van der Waals surface area contributed by atoms with Gasteiger partial charge in [0.2, 0.25) is 0 Å². The first-order valence-electron chi connectivity index (χ1n) is 7.90. The van der Waals surface area contributed by atoms with Gasteiger partial charge in [0.05, 0.1) is 11.4 Å². The van der Waals surface area contributed by atoms with Gasteiger partial charge in [-0.25, -0.2) is 4.98 Å². The SMILES string of the molecule is Clc1ccc(CCNc2cc(-c3ccccn3)nc3ncnn23)cc1. The maximum atomic E-state index is 5.92. The van der Waals surface area contributed by atoms with Crippen LogP contribution in [-0.4, -0.2) is 31.1 Å². The summed E-state index contributed by atoms with van der Waals surface area (Å²) in [5.74, 6) is 1.37. The molecule has 4 aromatic rings. The first kappa shape index (κ1) is 15.5. The van der Waals surface area contributed by atoms with Gasteiger partial charge in [0.1, 0.15) is 12.1 Å². The maximum absolute atomic E-state index is 5.92. The van der Waals surface area contributed by atoms with E-state index in [2.05, 4.69) is 25.4 Å². The van der Waals surface area contributed by atoms with Crippen LogP contribution in [0, 0.1) is 0 Å². The van der Waals surface area contributed by atoms with Gasteiger partial charge < -0.3 is 5.32 Å². The van der Waals surface area contributed by atoms with Gasteiger partial charge in [0.15, 0.2) is 0 Å². The molecular formula is C18H15ClN6. The molecular weight excluding hydrogens is 336 g/mol.